The third-order valence-electron chi connectivity index (χ3n) is 4.11. The van der Waals surface area contributed by atoms with Crippen LogP contribution in [0.4, 0.5) is 5.69 Å². The summed E-state index contributed by atoms with van der Waals surface area (Å²) in [5.41, 5.74) is 1.26. The highest BCUT2D eigenvalue weighted by atomic mass is 16.6. The molecule has 8 nitrogen and oxygen atoms in total. The van der Waals surface area contributed by atoms with Gasteiger partial charge in [-0.05, 0) is 18.2 Å². The van der Waals surface area contributed by atoms with Crippen molar-refractivity contribution in [2.45, 2.75) is 30.6 Å². The molecule has 2 unspecified atom stereocenters. The molecule has 24 heavy (non-hydrogen) atoms. The number of anilines is 1. The van der Waals surface area contributed by atoms with E-state index in [-0.39, 0.29) is 0 Å². The lowest BCUT2D eigenvalue weighted by molar-refractivity contribution is -0.245. The van der Waals surface area contributed by atoms with Crippen LogP contribution >= 0.6 is 0 Å². The Morgan fingerprint density at radius 2 is 1.92 bits per heavy atom. The van der Waals surface area contributed by atoms with Gasteiger partial charge in [0.1, 0.15) is 24.4 Å². The molecule has 1 fully saturated rings. The molecule has 3 rings (SSSR count). The van der Waals surface area contributed by atoms with Gasteiger partial charge in [0.05, 0.1) is 19.2 Å². The van der Waals surface area contributed by atoms with Crippen molar-refractivity contribution in [2.75, 3.05) is 19.0 Å². The first-order chi connectivity index (χ1) is 11.5. The second-order valence-electron chi connectivity index (χ2n) is 5.66. The average molecular weight is 336 g/mol. The van der Waals surface area contributed by atoms with Crippen molar-refractivity contribution in [2.24, 2.45) is 0 Å². The molecule has 2 heterocycles. The molecule has 0 saturated carbocycles. The predicted octanol–water partition coefficient (Wildman–Crippen LogP) is -0.545. The number of hydrogen-bond acceptors (Lipinski definition) is 8. The highest BCUT2D eigenvalue weighted by Gasteiger charge is 2.43. The molecule has 0 bridgehead atoms. The zero-order valence-corrected chi connectivity index (χ0v) is 13.0. The van der Waals surface area contributed by atoms with E-state index in [9.17, 15) is 15.3 Å². The number of nitrogens with zero attached hydrogens (tertiary/aromatic N) is 1. The molecule has 0 aliphatic carbocycles. The summed E-state index contributed by atoms with van der Waals surface area (Å²) in [6, 6.07) is 8.00. The van der Waals surface area contributed by atoms with Gasteiger partial charge in [0.25, 0.3) is 0 Å². The van der Waals surface area contributed by atoms with Crippen molar-refractivity contribution in [3.05, 3.63) is 30.3 Å². The number of pyridine rings is 1. The van der Waals surface area contributed by atoms with Gasteiger partial charge in [-0.2, -0.15) is 0 Å². The summed E-state index contributed by atoms with van der Waals surface area (Å²) in [5, 5.41) is 43.0. The first kappa shape index (κ1) is 16.9. The van der Waals surface area contributed by atoms with E-state index < -0.39 is 37.3 Å². The van der Waals surface area contributed by atoms with Crippen molar-refractivity contribution < 1.29 is 29.9 Å². The molecule has 1 aliphatic heterocycles. The van der Waals surface area contributed by atoms with Crippen molar-refractivity contribution in [1.29, 1.82) is 0 Å². The van der Waals surface area contributed by atoms with Crippen molar-refractivity contribution >= 4 is 16.6 Å². The number of benzene rings is 1. The maximum absolute atomic E-state index is 10.2. The van der Waals surface area contributed by atoms with E-state index in [0.29, 0.717) is 17.1 Å². The second kappa shape index (κ2) is 6.88. The van der Waals surface area contributed by atoms with Crippen LogP contribution in [0.25, 0.3) is 10.9 Å². The molecule has 1 aromatic carbocycles. The lowest BCUT2D eigenvalue weighted by Crippen LogP contribution is -2.61. The van der Waals surface area contributed by atoms with Crippen LogP contribution in [0.15, 0.2) is 30.3 Å². The molecular weight excluding hydrogens is 316 g/mol. The molecule has 1 aromatic heterocycles. The highest BCUT2D eigenvalue weighted by molar-refractivity contribution is 5.82. The number of hydrogen-bond donors (Lipinski definition) is 5. The molecule has 0 spiro atoms. The summed E-state index contributed by atoms with van der Waals surface area (Å²) in [7, 11) is 1.53. The van der Waals surface area contributed by atoms with Gasteiger partial charge in [-0.15, -0.1) is 0 Å². The van der Waals surface area contributed by atoms with Gasteiger partial charge in [0, 0.05) is 17.1 Å². The summed E-state index contributed by atoms with van der Waals surface area (Å²) in [6.45, 7) is -0.498. The molecule has 8 heteroatoms. The van der Waals surface area contributed by atoms with Crippen LogP contribution < -0.4 is 10.1 Å². The maximum Gasteiger partial charge on any atom is 0.213 e. The minimum atomic E-state index is -1.38. The zero-order chi connectivity index (χ0) is 17.3. The van der Waals surface area contributed by atoms with Gasteiger partial charge < -0.3 is 35.2 Å². The Morgan fingerprint density at radius 3 is 2.62 bits per heavy atom. The Morgan fingerprint density at radius 1 is 1.17 bits per heavy atom. The molecule has 1 aliphatic rings. The number of methoxy groups -OCH3 is 1. The van der Waals surface area contributed by atoms with E-state index in [1.54, 1.807) is 18.2 Å². The summed E-state index contributed by atoms with van der Waals surface area (Å²) in [4.78, 5) is 4.32. The van der Waals surface area contributed by atoms with Gasteiger partial charge in [0.15, 0.2) is 6.29 Å². The van der Waals surface area contributed by atoms with Crippen LogP contribution in [0.2, 0.25) is 0 Å². The molecule has 5 N–H and O–H groups in total. The minimum absolute atomic E-state index is 0.474. The quantitative estimate of drug-likeness (QED) is 0.504. The second-order valence-corrected chi connectivity index (χ2v) is 5.66. The van der Waals surface area contributed by atoms with Crippen LogP contribution in [0.3, 0.4) is 0 Å². The van der Waals surface area contributed by atoms with Gasteiger partial charge in [0.2, 0.25) is 5.88 Å². The van der Waals surface area contributed by atoms with Crippen LogP contribution in [0.5, 0.6) is 5.88 Å². The van der Waals surface area contributed by atoms with Crippen LogP contribution in [0.1, 0.15) is 0 Å². The van der Waals surface area contributed by atoms with E-state index >= 15 is 0 Å². The van der Waals surface area contributed by atoms with E-state index in [1.807, 2.05) is 12.1 Å². The van der Waals surface area contributed by atoms with Crippen LogP contribution in [-0.4, -0.2) is 69.8 Å². The monoisotopic (exact) mass is 336 g/mol. The van der Waals surface area contributed by atoms with Crippen molar-refractivity contribution in [1.82, 2.24) is 4.98 Å². The van der Waals surface area contributed by atoms with Crippen molar-refractivity contribution in [3.8, 4) is 5.88 Å². The van der Waals surface area contributed by atoms with Crippen molar-refractivity contribution in [3.63, 3.8) is 0 Å². The van der Waals surface area contributed by atoms with E-state index in [0.717, 1.165) is 5.39 Å². The first-order valence-corrected chi connectivity index (χ1v) is 7.55. The van der Waals surface area contributed by atoms with Gasteiger partial charge in [-0.25, -0.2) is 4.98 Å². The SMILES string of the molecule is COc1ccc2ccc(NC3[C@H](O)OC(CO)[C@@H](O)[C@@H]3O)cc2n1. The van der Waals surface area contributed by atoms with Gasteiger partial charge in [-0.1, -0.05) is 6.07 Å². The number of rotatable bonds is 4. The standard InChI is InChI=1S/C16H20N2O6/c1-23-12-5-3-8-2-4-9(6-10(8)18-12)17-13-15(21)14(20)11(7-19)24-16(13)22/h2-6,11,13-17,19-22H,7H2,1H3/t11?,13?,14-,15-,16-/m1/s1. The first-order valence-electron chi connectivity index (χ1n) is 7.55. The number of aliphatic hydroxyl groups is 4. The third kappa shape index (κ3) is 3.14. The Hall–Kier alpha value is -1.97. The number of nitrogens with one attached hydrogen (secondary N) is 1. The van der Waals surface area contributed by atoms with Crippen LogP contribution in [-0.2, 0) is 4.74 Å². The molecule has 0 radical (unpaired) electrons. The minimum Gasteiger partial charge on any atom is -0.481 e. The summed E-state index contributed by atoms with van der Waals surface area (Å²) >= 11 is 0. The Labute approximate surface area is 138 Å². The zero-order valence-electron chi connectivity index (χ0n) is 13.0. The summed E-state index contributed by atoms with van der Waals surface area (Å²) < 4.78 is 10.2. The molecule has 130 valence electrons. The highest BCUT2D eigenvalue weighted by Crippen LogP contribution is 2.25. The van der Waals surface area contributed by atoms with Gasteiger partial charge in [-0.3, -0.25) is 0 Å². The average Bonchev–Trinajstić information content (AvgIpc) is 2.61. The van der Waals surface area contributed by atoms with Crippen LogP contribution in [0, 0.1) is 0 Å². The topological polar surface area (TPSA) is 124 Å². The molecule has 5 atom stereocenters. The van der Waals surface area contributed by atoms with E-state index in [4.69, 9.17) is 14.6 Å². The molecule has 2 aromatic rings. The Bertz CT molecular complexity index is 712. The molecule has 0 amide bonds. The molecule has 1 saturated heterocycles. The number of ether oxygens (including phenoxy) is 2. The summed E-state index contributed by atoms with van der Waals surface area (Å²) in [5.74, 6) is 0.474. The fourth-order valence-corrected chi connectivity index (χ4v) is 2.75. The Kier molecular flexibility index (Phi) is 4.83. The normalized spacial score (nSPS) is 30.3. The molecular formula is C16H20N2O6. The van der Waals surface area contributed by atoms with E-state index in [1.165, 1.54) is 7.11 Å². The summed E-state index contributed by atoms with van der Waals surface area (Å²) in [6.07, 6.45) is -5.03. The lowest BCUT2D eigenvalue weighted by atomic mass is 9.97. The predicted molar refractivity (Wildman–Crippen MR) is 85.7 cm³/mol. The largest absolute Gasteiger partial charge is 0.481 e. The number of fused-ring (bicyclic) bond motifs is 1. The van der Waals surface area contributed by atoms with Gasteiger partial charge >= 0.3 is 0 Å². The number of aromatic nitrogens is 1. The fourth-order valence-electron chi connectivity index (χ4n) is 2.75. The smallest absolute Gasteiger partial charge is 0.213 e. The Balaban J connectivity index is 1.83. The fraction of sp³-hybridized carbons (Fsp3) is 0.438. The van der Waals surface area contributed by atoms with E-state index in [2.05, 4.69) is 10.3 Å². The lowest BCUT2D eigenvalue weighted by Gasteiger charge is -2.40. The number of aliphatic hydroxyl groups excluding tert-OH is 4. The third-order valence-corrected chi connectivity index (χ3v) is 4.11. The maximum atomic E-state index is 10.2.